The maximum Gasteiger partial charge on any atom is 0.251 e. The Bertz CT molecular complexity index is 744. The highest BCUT2D eigenvalue weighted by atomic mass is 16.5. The number of rotatable bonds is 4. The number of aromatic nitrogens is 3. The third kappa shape index (κ3) is 3.84. The van der Waals surface area contributed by atoms with Gasteiger partial charge in [-0.05, 0) is 24.5 Å². The summed E-state index contributed by atoms with van der Waals surface area (Å²) in [5.41, 5.74) is 1.06. The van der Waals surface area contributed by atoms with Crippen molar-refractivity contribution in [1.82, 2.24) is 19.9 Å². The molecule has 0 aromatic carbocycles. The van der Waals surface area contributed by atoms with E-state index in [0.717, 1.165) is 18.4 Å². The second-order valence-electron chi connectivity index (χ2n) is 5.58. The molecule has 1 fully saturated rings. The predicted molar refractivity (Wildman–Crippen MR) is 84.9 cm³/mol. The minimum absolute atomic E-state index is 0.0518. The van der Waals surface area contributed by atoms with Crippen LogP contribution in [-0.4, -0.2) is 45.0 Å². The van der Waals surface area contributed by atoms with Crippen LogP contribution in [0.4, 0.5) is 0 Å². The molecule has 1 atom stereocenters. The van der Waals surface area contributed by atoms with Gasteiger partial charge in [-0.3, -0.25) is 9.78 Å². The van der Waals surface area contributed by atoms with Crippen molar-refractivity contribution < 1.29 is 9.53 Å². The van der Waals surface area contributed by atoms with Gasteiger partial charge in [0.15, 0.2) is 0 Å². The van der Waals surface area contributed by atoms with Crippen LogP contribution in [0.25, 0.3) is 0 Å². The van der Waals surface area contributed by atoms with Crippen molar-refractivity contribution in [2.75, 3.05) is 13.1 Å². The van der Waals surface area contributed by atoms with Gasteiger partial charge in [-0.25, -0.2) is 9.97 Å². The van der Waals surface area contributed by atoms with Crippen molar-refractivity contribution >= 4 is 5.91 Å². The normalized spacial score (nSPS) is 17.1. The molecule has 1 aliphatic rings. The van der Waals surface area contributed by atoms with Gasteiger partial charge in [-0.1, -0.05) is 6.07 Å². The van der Waals surface area contributed by atoms with Crippen LogP contribution in [0.1, 0.15) is 24.1 Å². The molecule has 3 heterocycles. The molecule has 7 nitrogen and oxygen atoms in total. The van der Waals surface area contributed by atoms with Gasteiger partial charge < -0.3 is 9.64 Å². The van der Waals surface area contributed by atoms with Crippen molar-refractivity contribution in [2.24, 2.45) is 0 Å². The van der Waals surface area contributed by atoms with E-state index in [1.54, 1.807) is 17.3 Å². The highest BCUT2D eigenvalue weighted by Crippen LogP contribution is 2.19. The van der Waals surface area contributed by atoms with Gasteiger partial charge in [0.05, 0.1) is 13.0 Å². The van der Waals surface area contributed by atoms with Gasteiger partial charge in [0.2, 0.25) is 11.6 Å². The molecule has 0 unspecified atom stereocenters. The fourth-order valence-corrected chi connectivity index (χ4v) is 2.70. The number of hydrogen-bond acceptors (Lipinski definition) is 6. The van der Waals surface area contributed by atoms with Crippen LogP contribution < -0.4 is 4.74 Å². The lowest BCUT2D eigenvalue weighted by molar-refractivity contribution is -0.133. The number of carbonyl (C=O) groups is 1. The first-order valence-electron chi connectivity index (χ1n) is 7.80. The zero-order chi connectivity index (χ0) is 16.8. The number of likely N-dealkylation sites (tertiary alicyclic amines) is 1. The zero-order valence-electron chi connectivity index (χ0n) is 13.1. The van der Waals surface area contributed by atoms with E-state index in [1.165, 1.54) is 12.4 Å². The summed E-state index contributed by atoms with van der Waals surface area (Å²) >= 11 is 0. The van der Waals surface area contributed by atoms with Gasteiger partial charge in [-0.2, -0.15) is 5.26 Å². The summed E-state index contributed by atoms with van der Waals surface area (Å²) in [4.78, 5) is 26.3. The van der Waals surface area contributed by atoms with Crippen LogP contribution in [0, 0.1) is 11.3 Å². The summed E-state index contributed by atoms with van der Waals surface area (Å²) in [6.45, 7) is 1.20. The molecule has 1 saturated heterocycles. The SMILES string of the molecule is N#Cc1nccnc1O[C@@H]1CCCN(C(=O)Cc2cccnc2)C1. The van der Waals surface area contributed by atoms with E-state index in [9.17, 15) is 4.79 Å². The van der Waals surface area contributed by atoms with Crippen molar-refractivity contribution in [3.63, 3.8) is 0 Å². The Kier molecular flexibility index (Phi) is 4.96. The number of ether oxygens (including phenoxy) is 1. The fourth-order valence-electron chi connectivity index (χ4n) is 2.70. The third-order valence-corrected chi connectivity index (χ3v) is 3.86. The summed E-state index contributed by atoms with van der Waals surface area (Å²) in [5, 5.41) is 9.05. The lowest BCUT2D eigenvalue weighted by Gasteiger charge is -2.32. The number of piperidine rings is 1. The molecule has 0 bridgehead atoms. The number of nitrogens with zero attached hydrogens (tertiary/aromatic N) is 5. The highest BCUT2D eigenvalue weighted by molar-refractivity contribution is 5.78. The molecule has 0 N–H and O–H groups in total. The van der Waals surface area contributed by atoms with Crippen molar-refractivity contribution in [2.45, 2.75) is 25.4 Å². The van der Waals surface area contributed by atoms with E-state index in [4.69, 9.17) is 10.00 Å². The van der Waals surface area contributed by atoms with Crippen LogP contribution >= 0.6 is 0 Å². The molecule has 0 radical (unpaired) electrons. The van der Waals surface area contributed by atoms with Gasteiger partial charge in [0, 0.05) is 31.3 Å². The molecule has 0 saturated carbocycles. The lowest BCUT2D eigenvalue weighted by Crippen LogP contribution is -2.45. The maximum absolute atomic E-state index is 12.5. The largest absolute Gasteiger partial charge is 0.470 e. The molecule has 2 aromatic rings. The Labute approximate surface area is 139 Å². The first-order chi connectivity index (χ1) is 11.8. The smallest absolute Gasteiger partial charge is 0.251 e. The van der Waals surface area contributed by atoms with Crippen LogP contribution in [0.5, 0.6) is 5.88 Å². The number of hydrogen-bond donors (Lipinski definition) is 0. The fraction of sp³-hybridized carbons (Fsp3) is 0.353. The summed E-state index contributed by atoms with van der Waals surface area (Å²) in [5.74, 6) is 0.280. The lowest BCUT2D eigenvalue weighted by atomic mass is 10.1. The highest BCUT2D eigenvalue weighted by Gasteiger charge is 2.26. The second kappa shape index (κ2) is 7.51. The topological polar surface area (TPSA) is 92.0 Å². The Morgan fingerprint density at radius 3 is 3.04 bits per heavy atom. The molecule has 24 heavy (non-hydrogen) atoms. The molecule has 0 aliphatic carbocycles. The number of nitriles is 1. The van der Waals surface area contributed by atoms with Crippen LogP contribution in [0.15, 0.2) is 36.9 Å². The quantitative estimate of drug-likeness (QED) is 0.843. The van der Waals surface area contributed by atoms with Gasteiger partial charge in [-0.15, -0.1) is 0 Å². The average molecular weight is 323 g/mol. The zero-order valence-corrected chi connectivity index (χ0v) is 13.1. The Balaban J connectivity index is 1.62. The summed E-state index contributed by atoms with van der Waals surface area (Å²) in [6, 6.07) is 5.68. The molecule has 0 spiro atoms. The molecule has 3 rings (SSSR count). The van der Waals surface area contributed by atoms with Crippen LogP contribution in [-0.2, 0) is 11.2 Å². The summed E-state index contributed by atoms with van der Waals surface area (Å²) < 4.78 is 5.81. The predicted octanol–water partition coefficient (Wildman–Crippen LogP) is 1.36. The Morgan fingerprint density at radius 2 is 2.25 bits per heavy atom. The first-order valence-corrected chi connectivity index (χ1v) is 7.80. The van der Waals surface area contributed by atoms with E-state index in [-0.39, 0.29) is 23.6 Å². The van der Waals surface area contributed by atoms with Gasteiger partial charge >= 0.3 is 0 Å². The van der Waals surface area contributed by atoms with E-state index < -0.39 is 0 Å². The minimum Gasteiger partial charge on any atom is -0.470 e. The third-order valence-electron chi connectivity index (χ3n) is 3.86. The maximum atomic E-state index is 12.5. The Morgan fingerprint density at radius 1 is 1.38 bits per heavy atom. The van der Waals surface area contributed by atoms with Crippen molar-refractivity contribution in [1.29, 1.82) is 5.26 Å². The van der Waals surface area contributed by atoms with E-state index in [1.807, 2.05) is 18.2 Å². The van der Waals surface area contributed by atoms with E-state index in [2.05, 4.69) is 15.0 Å². The average Bonchev–Trinajstić information content (AvgIpc) is 2.63. The molecular weight excluding hydrogens is 306 g/mol. The standard InChI is InChI=1S/C17H17N5O2/c18-10-15-17(21-7-6-20-15)24-14-4-2-8-22(12-14)16(23)9-13-3-1-5-19-11-13/h1,3,5-7,11,14H,2,4,8-9,12H2/t14-/m1/s1. The molecule has 7 heteroatoms. The minimum atomic E-state index is -0.180. The van der Waals surface area contributed by atoms with Crippen LogP contribution in [0.2, 0.25) is 0 Å². The first kappa shape index (κ1) is 15.9. The summed E-state index contributed by atoms with van der Waals surface area (Å²) in [6.07, 6.45) is 8.15. The van der Waals surface area contributed by atoms with Gasteiger partial charge in [0.25, 0.3) is 5.88 Å². The van der Waals surface area contributed by atoms with Crippen LogP contribution in [0.3, 0.4) is 0 Å². The monoisotopic (exact) mass is 323 g/mol. The molecular formula is C17H17N5O2. The van der Waals surface area contributed by atoms with Crippen molar-refractivity contribution in [3.8, 4) is 11.9 Å². The molecule has 1 aliphatic heterocycles. The molecule has 122 valence electrons. The summed E-state index contributed by atoms with van der Waals surface area (Å²) in [7, 11) is 0. The number of pyridine rings is 1. The van der Waals surface area contributed by atoms with Gasteiger partial charge in [0.1, 0.15) is 12.2 Å². The van der Waals surface area contributed by atoms with E-state index >= 15 is 0 Å². The second-order valence-corrected chi connectivity index (χ2v) is 5.58. The number of carbonyl (C=O) groups excluding carboxylic acids is 1. The van der Waals surface area contributed by atoms with Crippen molar-refractivity contribution in [3.05, 3.63) is 48.2 Å². The number of amides is 1. The Hall–Kier alpha value is -3.01. The molecule has 1 amide bonds. The van der Waals surface area contributed by atoms with E-state index in [0.29, 0.717) is 19.5 Å². The molecule has 2 aromatic heterocycles.